The third kappa shape index (κ3) is 2.02. The molecule has 3 rings (SSSR count). The maximum absolute atomic E-state index is 5.29. The van der Waals surface area contributed by atoms with Crippen LogP contribution in [0.5, 0.6) is 5.75 Å². The van der Waals surface area contributed by atoms with Crippen LogP contribution in [0.1, 0.15) is 5.56 Å². The molecule has 0 unspecified atom stereocenters. The van der Waals surface area contributed by atoms with Gasteiger partial charge in [0.2, 0.25) is 0 Å². The van der Waals surface area contributed by atoms with Gasteiger partial charge in [-0.05, 0) is 40.5 Å². The van der Waals surface area contributed by atoms with E-state index in [0.717, 1.165) is 27.3 Å². The molecule has 0 saturated carbocycles. The van der Waals surface area contributed by atoms with Gasteiger partial charge in [0.1, 0.15) is 16.2 Å². The third-order valence-electron chi connectivity index (χ3n) is 3.19. The molecule has 2 aromatic heterocycles. The fraction of sp³-hybridized carbons (Fsp3) is 0.133. The van der Waals surface area contributed by atoms with E-state index in [-0.39, 0.29) is 0 Å². The van der Waals surface area contributed by atoms with E-state index >= 15 is 0 Å². The Hall–Kier alpha value is -1.81. The van der Waals surface area contributed by atoms with Crippen LogP contribution in [0.4, 0.5) is 0 Å². The number of methoxy groups -OCH3 is 1. The summed E-state index contributed by atoms with van der Waals surface area (Å²) in [7, 11) is 1.67. The maximum atomic E-state index is 5.29. The zero-order valence-corrected chi connectivity index (χ0v) is 12.3. The number of nitrogens with zero attached hydrogens (tertiary/aromatic N) is 2. The Balaban J connectivity index is 2.32. The molecule has 2 heterocycles. The van der Waals surface area contributed by atoms with Gasteiger partial charge < -0.3 is 4.74 Å². The highest BCUT2D eigenvalue weighted by molar-refractivity contribution is 9.10. The Kier molecular flexibility index (Phi) is 3.03. The number of aryl methyl sites for hydroxylation is 1. The monoisotopic (exact) mass is 316 g/mol. The Morgan fingerprint density at radius 1 is 1.16 bits per heavy atom. The molecule has 0 N–H and O–H groups in total. The summed E-state index contributed by atoms with van der Waals surface area (Å²) in [4.78, 5) is 4.62. The third-order valence-corrected chi connectivity index (χ3v) is 3.77. The molecule has 0 aliphatic carbocycles. The van der Waals surface area contributed by atoms with Crippen LogP contribution in [0.3, 0.4) is 0 Å². The van der Waals surface area contributed by atoms with E-state index in [2.05, 4.69) is 40.0 Å². The smallest absolute Gasteiger partial charge is 0.146 e. The second-order valence-corrected chi connectivity index (χ2v) is 5.12. The fourth-order valence-corrected chi connectivity index (χ4v) is 2.65. The van der Waals surface area contributed by atoms with Crippen molar-refractivity contribution in [3.05, 3.63) is 52.8 Å². The molecule has 0 atom stereocenters. The second kappa shape index (κ2) is 4.70. The van der Waals surface area contributed by atoms with Crippen molar-refractivity contribution in [2.24, 2.45) is 0 Å². The van der Waals surface area contributed by atoms with E-state index in [1.807, 2.05) is 34.9 Å². The summed E-state index contributed by atoms with van der Waals surface area (Å²) in [6, 6.07) is 12.2. The number of imidazole rings is 1. The summed E-state index contributed by atoms with van der Waals surface area (Å²) in [5, 5.41) is 0. The second-order valence-electron chi connectivity index (χ2n) is 4.37. The van der Waals surface area contributed by atoms with E-state index < -0.39 is 0 Å². The minimum Gasteiger partial charge on any atom is -0.495 e. The number of rotatable bonds is 2. The van der Waals surface area contributed by atoms with Crippen molar-refractivity contribution in [1.29, 1.82) is 0 Å². The predicted molar refractivity (Wildman–Crippen MR) is 79.6 cm³/mol. The molecule has 0 saturated heterocycles. The highest BCUT2D eigenvalue weighted by Gasteiger charge is 2.12. The van der Waals surface area contributed by atoms with Gasteiger partial charge in [-0.3, -0.25) is 4.40 Å². The van der Waals surface area contributed by atoms with Crippen LogP contribution in [-0.2, 0) is 0 Å². The summed E-state index contributed by atoms with van der Waals surface area (Å²) in [6.45, 7) is 2.09. The highest BCUT2D eigenvalue weighted by Crippen LogP contribution is 2.29. The molecular formula is C15H13BrN2O. The maximum Gasteiger partial charge on any atom is 0.146 e. The zero-order chi connectivity index (χ0) is 13.4. The van der Waals surface area contributed by atoms with E-state index in [1.165, 1.54) is 5.56 Å². The average Bonchev–Trinajstić information content (AvgIpc) is 2.76. The number of pyridine rings is 1. The van der Waals surface area contributed by atoms with Crippen LogP contribution in [0.25, 0.3) is 16.9 Å². The van der Waals surface area contributed by atoms with Crippen molar-refractivity contribution in [2.75, 3.05) is 7.11 Å². The number of benzene rings is 1. The quantitative estimate of drug-likeness (QED) is 0.712. The fourth-order valence-electron chi connectivity index (χ4n) is 2.16. The molecule has 0 radical (unpaired) electrons. The summed E-state index contributed by atoms with van der Waals surface area (Å²) < 4.78 is 8.18. The Bertz CT molecular complexity index is 749. The molecule has 0 bridgehead atoms. The van der Waals surface area contributed by atoms with Crippen LogP contribution in [0, 0.1) is 6.92 Å². The van der Waals surface area contributed by atoms with Gasteiger partial charge in [-0.25, -0.2) is 4.98 Å². The van der Waals surface area contributed by atoms with E-state index in [4.69, 9.17) is 4.74 Å². The van der Waals surface area contributed by atoms with Gasteiger partial charge in [0, 0.05) is 5.56 Å². The van der Waals surface area contributed by atoms with Crippen LogP contribution in [0.2, 0.25) is 0 Å². The van der Waals surface area contributed by atoms with Crippen LogP contribution >= 0.6 is 15.9 Å². The van der Waals surface area contributed by atoms with Gasteiger partial charge in [0.05, 0.1) is 18.8 Å². The molecule has 0 amide bonds. The standard InChI is InChI=1S/C15H13BrN2O/c1-10-5-3-4-6-12(10)15-17-14(16)13-8-7-11(19-2)9-18(13)15/h3-9H,1-2H3. The Labute approximate surface area is 120 Å². The van der Waals surface area contributed by atoms with Crippen molar-refractivity contribution < 1.29 is 4.74 Å². The minimum atomic E-state index is 0.812. The molecule has 1 aromatic carbocycles. The molecule has 4 heteroatoms. The molecule has 96 valence electrons. The number of hydrogen-bond donors (Lipinski definition) is 0. The number of fused-ring (bicyclic) bond motifs is 1. The Morgan fingerprint density at radius 2 is 1.95 bits per heavy atom. The summed E-state index contributed by atoms with van der Waals surface area (Å²) in [5.74, 6) is 1.73. The molecule has 19 heavy (non-hydrogen) atoms. The first-order valence-corrected chi connectivity index (χ1v) is 6.77. The summed E-state index contributed by atoms with van der Waals surface area (Å²) in [5.41, 5.74) is 3.35. The van der Waals surface area contributed by atoms with E-state index in [1.54, 1.807) is 7.11 Å². The lowest BCUT2D eigenvalue weighted by atomic mass is 10.1. The lowest BCUT2D eigenvalue weighted by Crippen LogP contribution is -1.93. The SMILES string of the molecule is COc1ccc2c(Br)nc(-c3ccccc3C)n2c1. The van der Waals surface area contributed by atoms with Crippen LogP contribution in [-0.4, -0.2) is 16.5 Å². The molecule has 3 aromatic rings. The van der Waals surface area contributed by atoms with Crippen molar-refractivity contribution in [2.45, 2.75) is 6.92 Å². The van der Waals surface area contributed by atoms with Crippen molar-refractivity contribution in [3.63, 3.8) is 0 Å². The molecule has 0 aliphatic heterocycles. The van der Waals surface area contributed by atoms with Gasteiger partial charge in [-0.15, -0.1) is 0 Å². The summed E-state index contributed by atoms with van der Waals surface area (Å²) >= 11 is 3.51. The first kappa shape index (κ1) is 12.2. The average molecular weight is 317 g/mol. The van der Waals surface area contributed by atoms with Gasteiger partial charge in [0.25, 0.3) is 0 Å². The van der Waals surface area contributed by atoms with Gasteiger partial charge in [-0.2, -0.15) is 0 Å². The van der Waals surface area contributed by atoms with Crippen molar-refractivity contribution >= 4 is 21.4 Å². The summed E-state index contributed by atoms with van der Waals surface area (Å²) in [6.07, 6.45) is 1.95. The van der Waals surface area contributed by atoms with Crippen LogP contribution in [0.15, 0.2) is 47.2 Å². The Morgan fingerprint density at radius 3 is 2.68 bits per heavy atom. The number of halogens is 1. The van der Waals surface area contributed by atoms with Gasteiger partial charge in [0.15, 0.2) is 0 Å². The topological polar surface area (TPSA) is 26.5 Å². The first-order chi connectivity index (χ1) is 9.20. The zero-order valence-electron chi connectivity index (χ0n) is 10.7. The first-order valence-electron chi connectivity index (χ1n) is 5.98. The van der Waals surface area contributed by atoms with E-state index in [0.29, 0.717) is 0 Å². The number of aromatic nitrogens is 2. The van der Waals surface area contributed by atoms with Crippen molar-refractivity contribution in [3.8, 4) is 17.1 Å². The molecule has 0 aliphatic rings. The molecule has 0 spiro atoms. The van der Waals surface area contributed by atoms with Gasteiger partial charge >= 0.3 is 0 Å². The number of hydrogen-bond acceptors (Lipinski definition) is 2. The number of ether oxygens (including phenoxy) is 1. The normalized spacial score (nSPS) is 10.9. The van der Waals surface area contributed by atoms with E-state index in [9.17, 15) is 0 Å². The van der Waals surface area contributed by atoms with Crippen LogP contribution < -0.4 is 4.74 Å². The highest BCUT2D eigenvalue weighted by atomic mass is 79.9. The van der Waals surface area contributed by atoms with Crippen molar-refractivity contribution in [1.82, 2.24) is 9.38 Å². The molecule has 3 nitrogen and oxygen atoms in total. The lowest BCUT2D eigenvalue weighted by molar-refractivity contribution is 0.412. The molecule has 0 fully saturated rings. The minimum absolute atomic E-state index is 0.812. The predicted octanol–water partition coefficient (Wildman–Crippen LogP) is 4.08. The largest absolute Gasteiger partial charge is 0.495 e. The molecular weight excluding hydrogens is 304 g/mol. The van der Waals surface area contributed by atoms with Gasteiger partial charge in [-0.1, -0.05) is 24.3 Å². The lowest BCUT2D eigenvalue weighted by Gasteiger charge is -2.06.